The summed E-state index contributed by atoms with van der Waals surface area (Å²) in [6.07, 6.45) is 6.84. The molecule has 1 saturated carbocycles. The molecule has 8 nitrogen and oxygen atoms in total. The SMILES string of the molecule is CCC(CCCO)Nc1nc(NCCOC)nc(C)c1-c1nc2c(C3CC3)nccc2s1. The number of thiazole rings is 1. The summed E-state index contributed by atoms with van der Waals surface area (Å²) in [5.74, 6) is 1.89. The molecule has 1 fully saturated rings. The van der Waals surface area contributed by atoms with Crippen LogP contribution in [0.25, 0.3) is 20.8 Å². The molecule has 1 atom stereocenters. The molecule has 32 heavy (non-hydrogen) atoms. The Bertz CT molecular complexity index is 1050. The van der Waals surface area contributed by atoms with E-state index in [9.17, 15) is 5.11 Å². The number of aliphatic hydroxyl groups is 1. The van der Waals surface area contributed by atoms with Crippen LogP contribution in [0.5, 0.6) is 0 Å². The molecule has 1 aliphatic rings. The van der Waals surface area contributed by atoms with Crippen LogP contribution in [0.4, 0.5) is 11.8 Å². The number of hydrogen-bond donors (Lipinski definition) is 3. The van der Waals surface area contributed by atoms with E-state index in [1.807, 2.05) is 19.2 Å². The summed E-state index contributed by atoms with van der Waals surface area (Å²) in [7, 11) is 1.68. The van der Waals surface area contributed by atoms with Crippen LogP contribution in [0.15, 0.2) is 12.3 Å². The van der Waals surface area contributed by atoms with Crippen molar-refractivity contribution < 1.29 is 9.84 Å². The number of aromatic nitrogens is 4. The lowest BCUT2D eigenvalue weighted by atomic mass is 10.1. The lowest BCUT2D eigenvalue weighted by Gasteiger charge is -2.20. The third-order valence-electron chi connectivity index (χ3n) is 5.74. The minimum atomic E-state index is 0.187. The van der Waals surface area contributed by atoms with E-state index in [-0.39, 0.29) is 12.6 Å². The van der Waals surface area contributed by atoms with Crippen molar-refractivity contribution in [3.63, 3.8) is 0 Å². The van der Waals surface area contributed by atoms with Gasteiger partial charge >= 0.3 is 0 Å². The van der Waals surface area contributed by atoms with Gasteiger partial charge in [-0.25, -0.2) is 9.97 Å². The van der Waals surface area contributed by atoms with Crippen molar-refractivity contribution in [2.45, 2.75) is 57.9 Å². The van der Waals surface area contributed by atoms with Crippen molar-refractivity contribution in [1.29, 1.82) is 0 Å². The van der Waals surface area contributed by atoms with Crippen LogP contribution in [0.1, 0.15) is 56.3 Å². The number of aliphatic hydroxyl groups excluding tert-OH is 1. The summed E-state index contributed by atoms with van der Waals surface area (Å²) < 4.78 is 6.29. The smallest absolute Gasteiger partial charge is 0.224 e. The van der Waals surface area contributed by atoms with Gasteiger partial charge in [-0.2, -0.15) is 4.98 Å². The summed E-state index contributed by atoms with van der Waals surface area (Å²) in [5.41, 5.74) is 3.94. The molecule has 0 radical (unpaired) electrons. The van der Waals surface area contributed by atoms with Crippen LogP contribution in [0.3, 0.4) is 0 Å². The maximum absolute atomic E-state index is 9.29. The number of hydrogen-bond acceptors (Lipinski definition) is 9. The first kappa shape index (κ1) is 22.8. The average molecular weight is 457 g/mol. The van der Waals surface area contributed by atoms with Gasteiger partial charge in [0.05, 0.1) is 28.3 Å². The number of aryl methyl sites for hydroxylation is 1. The first-order valence-electron chi connectivity index (χ1n) is 11.4. The molecule has 0 bridgehead atoms. The van der Waals surface area contributed by atoms with E-state index in [0.29, 0.717) is 25.0 Å². The Morgan fingerprint density at radius 3 is 2.84 bits per heavy atom. The second-order valence-corrected chi connectivity index (χ2v) is 9.26. The molecule has 0 aliphatic heterocycles. The first-order chi connectivity index (χ1) is 15.6. The van der Waals surface area contributed by atoms with E-state index in [1.54, 1.807) is 18.4 Å². The van der Waals surface area contributed by atoms with E-state index in [0.717, 1.165) is 57.3 Å². The fraction of sp³-hybridized carbons (Fsp3) is 0.565. The molecule has 1 aliphatic carbocycles. The van der Waals surface area contributed by atoms with E-state index >= 15 is 0 Å². The van der Waals surface area contributed by atoms with E-state index in [2.05, 4.69) is 22.5 Å². The normalized spacial score (nSPS) is 14.6. The van der Waals surface area contributed by atoms with Gasteiger partial charge in [0.1, 0.15) is 16.3 Å². The van der Waals surface area contributed by atoms with Crippen molar-refractivity contribution in [2.75, 3.05) is 37.5 Å². The second kappa shape index (κ2) is 10.5. The molecule has 0 spiro atoms. The van der Waals surface area contributed by atoms with E-state index in [4.69, 9.17) is 19.7 Å². The van der Waals surface area contributed by atoms with Gasteiger partial charge in [-0.15, -0.1) is 11.3 Å². The monoisotopic (exact) mass is 456 g/mol. The summed E-state index contributed by atoms with van der Waals surface area (Å²) in [5, 5.41) is 17.1. The van der Waals surface area contributed by atoms with Crippen LogP contribution < -0.4 is 10.6 Å². The van der Waals surface area contributed by atoms with Crippen molar-refractivity contribution in [2.24, 2.45) is 0 Å². The molecule has 1 unspecified atom stereocenters. The zero-order chi connectivity index (χ0) is 22.5. The highest BCUT2D eigenvalue weighted by molar-refractivity contribution is 7.21. The summed E-state index contributed by atoms with van der Waals surface area (Å²) >= 11 is 1.67. The molecule has 0 saturated heterocycles. The molecule has 3 aromatic rings. The fourth-order valence-corrected chi connectivity index (χ4v) is 4.89. The van der Waals surface area contributed by atoms with Gasteiger partial charge in [0.15, 0.2) is 0 Å². The third kappa shape index (κ3) is 5.16. The van der Waals surface area contributed by atoms with Gasteiger partial charge in [0.2, 0.25) is 5.95 Å². The quantitative estimate of drug-likeness (QED) is 0.345. The Morgan fingerprint density at radius 2 is 2.12 bits per heavy atom. The van der Waals surface area contributed by atoms with Gasteiger partial charge in [-0.1, -0.05) is 6.92 Å². The molecule has 4 rings (SSSR count). The van der Waals surface area contributed by atoms with E-state index in [1.165, 1.54) is 12.8 Å². The molecule has 0 aromatic carbocycles. The Kier molecular flexibility index (Phi) is 7.49. The summed E-state index contributed by atoms with van der Waals surface area (Å²) in [4.78, 5) is 19.2. The maximum Gasteiger partial charge on any atom is 0.224 e. The zero-order valence-corrected chi connectivity index (χ0v) is 19.8. The number of pyridine rings is 1. The third-order valence-corrected chi connectivity index (χ3v) is 6.78. The minimum absolute atomic E-state index is 0.187. The predicted octanol–water partition coefficient (Wildman–Crippen LogP) is 4.36. The molecule has 3 N–H and O–H groups in total. The molecule has 9 heteroatoms. The fourth-order valence-electron chi connectivity index (χ4n) is 3.82. The van der Waals surface area contributed by atoms with Gasteiger partial charge < -0.3 is 20.5 Å². The Balaban J connectivity index is 1.74. The lowest BCUT2D eigenvalue weighted by molar-refractivity contribution is 0.210. The van der Waals surface area contributed by atoms with Crippen LogP contribution in [0, 0.1) is 6.92 Å². The van der Waals surface area contributed by atoms with Crippen molar-refractivity contribution in [3.05, 3.63) is 23.7 Å². The van der Waals surface area contributed by atoms with Crippen molar-refractivity contribution in [1.82, 2.24) is 19.9 Å². The highest BCUT2D eigenvalue weighted by Crippen LogP contribution is 2.44. The highest BCUT2D eigenvalue weighted by Gasteiger charge is 2.29. The van der Waals surface area contributed by atoms with Gasteiger partial charge in [0.25, 0.3) is 0 Å². The van der Waals surface area contributed by atoms with Crippen molar-refractivity contribution >= 4 is 33.3 Å². The number of nitrogens with zero attached hydrogens (tertiary/aromatic N) is 4. The van der Waals surface area contributed by atoms with Gasteiger partial charge in [-0.05, 0) is 45.1 Å². The maximum atomic E-state index is 9.29. The number of methoxy groups -OCH3 is 1. The highest BCUT2D eigenvalue weighted by atomic mass is 32.1. The average Bonchev–Trinajstić information content (AvgIpc) is 3.54. The van der Waals surface area contributed by atoms with Crippen LogP contribution in [-0.4, -0.2) is 58.0 Å². The number of fused-ring (bicyclic) bond motifs is 1. The van der Waals surface area contributed by atoms with Crippen molar-refractivity contribution in [3.8, 4) is 10.6 Å². The number of rotatable bonds is 12. The molecular formula is C23H32N6O2S. The standard InChI is InChI=1S/C23H32N6O2S/c1-4-16(6-5-12-30)27-21-18(14(2)26-23(29-21)25-11-13-31-3)22-28-20-17(32-22)9-10-24-19(20)15-7-8-15/h9-10,15-16,30H,4-8,11-13H2,1-3H3,(H2,25,26,27,29). The Hall–Kier alpha value is -2.36. The van der Waals surface area contributed by atoms with Gasteiger partial charge in [0, 0.05) is 38.4 Å². The summed E-state index contributed by atoms with van der Waals surface area (Å²) in [6.45, 7) is 5.55. The molecule has 3 aromatic heterocycles. The topological polar surface area (TPSA) is 105 Å². The molecule has 3 heterocycles. The van der Waals surface area contributed by atoms with Crippen LogP contribution in [-0.2, 0) is 4.74 Å². The van der Waals surface area contributed by atoms with Gasteiger partial charge in [-0.3, -0.25) is 4.98 Å². The van der Waals surface area contributed by atoms with E-state index < -0.39 is 0 Å². The molecular weight excluding hydrogens is 424 g/mol. The predicted molar refractivity (Wildman–Crippen MR) is 130 cm³/mol. The second-order valence-electron chi connectivity index (χ2n) is 8.23. The van der Waals surface area contributed by atoms with Crippen LogP contribution in [0.2, 0.25) is 0 Å². The molecule has 0 amide bonds. The number of anilines is 2. The Labute approximate surface area is 192 Å². The largest absolute Gasteiger partial charge is 0.396 e. The molecule has 172 valence electrons. The summed E-state index contributed by atoms with van der Waals surface area (Å²) in [6, 6.07) is 2.25. The first-order valence-corrected chi connectivity index (χ1v) is 12.2. The lowest BCUT2D eigenvalue weighted by Crippen LogP contribution is -2.21. The number of ether oxygens (including phenoxy) is 1. The Morgan fingerprint density at radius 1 is 1.28 bits per heavy atom. The minimum Gasteiger partial charge on any atom is -0.396 e. The zero-order valence-electron chi connectivity index (χ0n) is 19.0. The number of nitrogens with one attached hydrogen (secondary N) is 2. The van der Waals surface area contributed by atoms with Crippen LogP contribution >= 0.6 is 11.3 Å².